The smallest absolute Gasteiger partial charge is 0.177 e. The number of hydrogen-bond acceptors (Lipinski definition) is 3. The van der Waals surface area contributed by atoms with E-state index < -0.39 is 5.79 Å². The SMILES string of the molecule is Cc1cccc2nc3n(c12)CCC1(C3)OCCO1. The first kappa shape index (κ1) is 10.5. The highest BCUT2D eigenvalue weighted by Crippen LogP contribution is 2.34. The molecule has 0 saturated carbocycles. The Balaban J connectivity index is 1.86. The van der Waals surface area contributed by atoms with Gasteiger partial charge in [0.2, 0.25) is 0 Å². The molecule has 1 aromatic heterocycles. The predicted octanol–water partition coefficient (Wildman–Crippen LogP) is 2.03. The van der Waals surface area contributed by atoms with E-state index in [2.05, 4.69) is 29.7 Å². The minimum Gasteiger partial charge on any atom is -0.347 e. The van der Waals surface area contributed by atoms with Gasteiger partial charge in [-0.2, -0.15) is 0 Å². The molecule has 2 aromatic rings. The molecule has 0 atom stereocenters. The van der Waals surface area contributed by atoms with Gasteiger partial charge in [0, 0.05) is 13.0 Å². The van der Waals surface area contributed by atoms with Crippen LogP contribution in [0, 0.1) is 6.92 Å². The van der Waals surface area contributed by atoms with Crippen LogP contribution in [0.4, 0.5) is 0 Å². The van der Waals surface area contributed by atoms with Crippen molar-refractivity contribution < 1.29 is 9.47 Å². The van der Waals surface area contributed by atoms with Crippen LogP contribution in [0.1, 0.15) is 17.8 Å². The molecule has 94 valence electrons. The van der Waals surface area contributed by atoms with E-state index in [1.165, 1.54) is 11.1 Å². The summed E-state index contributed by atoms with van der Waals surface area (Å²) >= 11 is 0. The summed E-state index contributed by atoms with van der Waals surface area (Å²) in [5, 5.41) is 0. The maximum Gasteiger partial charge on any atom is 0.177 e. The normalized spacial score (nSPS) is 21.6. The van der Waals surface area contributed by atoms with Crippen LogP contribution >= 0.6 is 0 Å². The summed E-state index contributed by atoms with van der Waals surface area (Å²) in [4.78, 5) is 4.74. The van der Waals surface area contributed by atoms with Gasteiger partial charge in [-0.3, -0.25) is 0 Å². The molecular formula is C14H16N2O2. The molecule has 0 amide bonds. The largest absolute Gasteiger partial charge is 0.347 e. The van der Waals surface area contributed by atoms with Gasteiger partial charge in [-0.05, 0) is 18.6 Å². The van der Waals surface area contributed by atoms with Gasteiger partial charge in [0.25, 0.3) is 0 Å². The molecule has 0 radical (unpaired) electrons. The van der Waals surface area contributed by atoms with Gasteiger partial charge in [-0.15, -0.1) is 0 Å². The maximum atomic E-state index is 5.79. The molecule has 4 nitrogen and oxygen atoms in total. The van der Waals surface area contributed by atoms with Crippen LogP contribution in [-0.4, -0.2) is 28.6 Å². The topological polar surface area (TPSA) is 36.3 Å². The number of ether oxygens (including phenoxy) is 2. The number of benzene rings is 1. The van der Waals surface area contributed by atoms with Crippen molar-refractivity contribution in [3.05, 3.63) is 29.6 Å². The number of aromatic nitrogens is 2. The predicted molar refractivity (Wildman–Crippen MR) is 67.4 cm³/mol. The number of hydrogen-bond donors (Lipinski definition) is 0. The van der Waals surface area contributed by atoms with Gasteiger partial charge in [-0.25, -0.2) is 4.98 Å². The first-order valence-corrected chi connectivity index (χ1v) is 6.50. The van der Waals surface area contributed by atoms with Gasteiger partial charge in [0.15, 0.2) is 5.79 Å². The van der Waals surface area contributed by atoms with E-state index in [0.29, 0.717) is 13.2 Å². The number of imidazole rings is 1. The number of aryl methyl sites for hydroxylation is 2. The average Bonchev–Trinajstić information content (AvgIpc) is 2.94. The Kier molecular flexibility index (Phi) is 2.08. The highest BCUT2D eigenvalue weighted by molar-refractivity contribution is 5.79. The summed E-state index contributed by atoms with van der Waals surface area (Å²) in [6, 6.07) is 6.29. The lowest BCUT2D eigenvalue weighted by molar-refractivity contribution is -0.169. The third-order valence-electron chi connectivity index (χ3n) is 4.00. The standard InChI is InChI=1S/C14H16N2O2/c1-10-3-2-4-11-13(10)16-6-5-14(9-12(16)15-11)17-7-8-18-14/h2-4H,5-9H2,1H3. The van der Waals surface area contributed by atoms with E-state index >= 15 is 0 Å². The van der Waals surface area contributed by atoms with E-state index in [9.17, 15) is 0 Å². The van der Waals surface area contributed by atoms with Crippen LogP contribution in [-0.2, 0) is 22.4 Å². The molecule has 18 heavy (non-hydrogen) atoms. The first-order chi connectivity index (χ1) is 8.77. The van der Waals surface area contributed by atoms with Crippen molar-refractivity contribution in [1.82, 2.24) is 9.55 Å². The second kappa shape index (κ2) is 3.56. The van der Waals surface area contributed by atoms with Gasteiger partial charge >= 0.3 is 0 Å². The Morgan fingerprint density at radius 1 is 1.28 bits per heavy atom. The quantitative estimate of drug-likeness (QED) is 0.711. The number of nitrogens with zero attached hydrogens (tertiary/aromatic N) is 2. The Hall–Kier alpha value is -1.39. The summed E-state index contributed by atoms with van der Waals surface area (Å²) < 4.78 is 13.9. The van der Waals surface area contributed by atoms with Gasteiger partial charge in [0.05, 0.1) is 30.7 Å². The van der Waals surface area contributed by atoms with Crippen molar-refractivity contribution in [2.24, 2.45) is 0 Å². The highest BCUT2D eigenvalue weighted by Gasteiger charge is 2.41. The fourth-order valence-corrected chi connectivity index (χ4v) is 3.14. The number of fused-ring (bicyclic) bond motifs is 3. The zero-order valence-electron chi connectivity index (χ0n) is 10.5. The molecule has 0 aliphatic carbocycles. The van der Waals surface area contributed by atoms with E-state index in [4.69, 9.17) is 14.5 Å². The van der Waals surface area contributed by atoms with Crippen LogP contribution in [0.3, 0.4) is 0 Å². The molecule has 1 spiro atoms. The Labute approximate surface area is 106 Å². The molecule has 1 saturated heterocycles. The minimum atomic E-state index is -0.398. The van der Waals surface area contributed by atoms with E-state index in [1.54, 1.807) is 0 Å². The van der Waals surface area contributed by atoms with Crippen LogP contribution in [0.5, 0.6) is 0 Å². The molecule has 0 unspecified atom stereocenters. The zero-order valence-corrected chi connectivity index (χ0v) is 10.5. The fraction of sp³-hybridized carbons (Fsp3) is 0.500. The average molecular weight is 244 g/mol. The molecule has 4 heteroatoms. The second-order valence-corrected chi connectivity index (χ2v) is 5.16. The second-order valence-electron chi connectivity index (χ2n) is 5.16. The molecule has 3 heterocycles. The highest BCUT2D eigenvalue weighted by atomic mass is 16.7. The zero-order chi connectivity index (χ0) is 12.2. The molecule has 0 bridgehead atoms. The molecular weight excluding hydrogens is 228 g/mol. The lowest BCUT2D eigenvalue weighted by Gasteiger charge is -2.32. The molecule has 0 N–H and O–H groups in total. The van der Waals surface area contributed by atoms with Gasteiger partial charge in [-0.1, -0.05) is 12.1 Å². The van der Waals surface area contributed by atoms with E-state index in [0.717, 1.165) is 30.7 Å². The maximum absolute atomic E-state index is 5.79. The Morgan fingerprint density at radius 3 is 2.94 bits per heavy atom. The van der Waals surface area contributed by atoms with Crippen molar-refractivity contribution in [3.8, 4) is 0 Å². The monoisotopic (exact) mass is 244 g/mol. The Bertz CT molecular complexity index is 612. The van der Waals surface area contributed by atoms with Crippen LogP contribution in [0.15, 0.2) is 18.2 Å². The lowest BCUT2D eigenvalue weighted by atomic mass is 10.0. The molecule has 1 aromatic carbocycles. The van der Waals surface area contributed by atoms with Crippen LogP contribution < -0.4 is 0 Å². The van der Waals surface area contributed by atoms with Crippen molar-refractivity contribution >= 4 is 11.0 Å². The third-order valence-corrected chi connectivity index (χ3v) is 4.00. The summed E-state index contributed by atoms with van der Waals surface area (Å²) in [5.41, 5.74) is 3.64. The first-order valence-electron chi connectivity index (χ1n) is 6.50. The lowest BCUT2D eigenvalue weighted by Crippen LogP contribution is -2.39. The molecule has 2 aliphatic rings. The van der Waals surface area contributed by atoms with Crippen molar-refractivity contribution in [3.63, 3.8) is 0 Å². The minimum absolute atomic E-state index is 0.398. The molecule has 2 aliphatic heterocycles. The fourth-order valence-electron chi connectivity index (χ4n) is 3.14. The van der Waals surface area contributed by atoms with E-state index in [1.807, 2.05) is 0 Å². The summed E-state index contributed by atoms with van der Waals surface area (Å²) in [6.45, 7) is 4.49. The van der Waals surface area contributed by atoms with Gasteiger partial charge < -0.3 is 14.0 Å². The summed E-state index contributed by atoms with van der Waals surface area (Å²) in [6.07, 6.45) is 1.68. The molecule has 4 rings (SSSR count). The van der Waals surface area contributed by atoms with E-state index in [-0.39, 0.29) is 0 Å². The number of rotatable bonds is 0. The summed E-state index contributed by atoms with van der Waals surface area (Å²) in [7, 11) is 0. The molecule has 1 fully saturated rings. The van der Waals surface area contributed by atoms with Crippen LogP contribution in [0.25, 0.3) is 11.0 Å². The van der Waals surface area contributed by atoms with Crippen molar-refractivity contribution in [2.45, 2.75) is 32.1 Å². The van der Waals surface area contributed by atoms with Crippen LogP contribution in [0.2, 0.25) is 0 Å². The van der Waals surface area contributed by atoms with Crippen molar-refractivity contribution in [1.29, 1.82) is 0 Å². The van der Waals surface area contributed by atoms with Gasteiger partial charge in [0.1, 0.15) is 5.82 Å². The number of para-hydroxylation sites is 1. The van der Waals surface area contributed by atoms with Crippen molar-refractivity contribution in [2.75, 3.05) is 13.2 Å². The third kappa shape index (κ3) is 1.36. The Morgan fingerprint density at radius 2 is 2.11 bits per heavy atom. The summed E-state index contributed by atoms with van der Waals surface area (Å²) in [5.74, 6) is 0.693.